The van der Waals surface area contributed by atoms with Crippen LogP contribution in [0.3, 0.4) is 0 Å². The topological polar surface area (TPSA) is 40.5 Å². The summed E-state index contributed by atoms with van der Waals surface area (Å²) in [4.78, 5) is 11.6. The molecule has 1 aromatic carbocycles. The number of aryl methyl sites for hydroxylation is 1. The molecule has 1 aromatic heterocycles. The summed E-state index contributed by atoms with van der Waals surface area (Å²) in [6.45, 7) is 7.61. The second-order valence-electron chi connectivity index (χ2n) is 5.88. The predicted octanol–water partition coefficient (Wildman–Crippen LogP) is 2.91. The first-order valence-electron chi connectivity index (χ1n) is 8.28. The summed E-state index contributed by atoms with van der Waals surface area (Å²) in [6, 6.07) is 12.7. The molecule has 4 nitrogen and oxygen atoms in total. The van der Waals surface area contributed by atoms with Gasteiger partial charge in [-0.2, -0.15) is 0 Å². The minimum Gasteiger partial charge on any atom is -0.356 e. The molecular weight excluding hydrogens is 284 g/mol. The summed E-state index contributed by atoms with van der Waals surface area (Å²) in [6.07, 6.45) is 2.91. The summed E-state index contributed by atoms with van der Waals surface area (Å²) in [5.74, 6) is 0.979. The van der Waals surface area contributed by atoms with Gasteiger partial charge in [0, 0.05) is 25.8 Å². The van der Waals surface area contributed by atoms with Crippen LogP contribution in [0.1, 0.15) is 29.3 Å². The van der Waals surface area contributed by atoms with Crippen molar-refractivity contribution in [2.75, 3.05) is 13.1 Å². The van der Waals surface area contributed by atoms with Crippen LogP contribution >= 0.6 is 0 Å². The number of hydrogen-bond donors (Lipinski definition) is 1. The smallest absolute Gasteiger partial charge is 0.194 e. The number of guanidine groups is 1. The van der Waals surface area contributed by atoms with E-state index in [1.54, 1.807) is 0 Å². The molecule has 0 amide bonds. The molecule has 0 saturated heterocycles. The van der Waals surface area contributed by atoms with E-state index in [-0.39, 0.29) is 0 Å². The lowest BCUT2D eigenvalue weighted by Crippen LogP contribution is -2.44. The van der Waals surface area contributed by atoms with Crippen LogP contribution in [-0.4, -0.2) is 28.9 Å². The lowest BCUT2D eigenvalue weighted by atomic mass is 10.0. The highest BCUT2D eigenvalue weighted by atomic mass is 15.3. The standard InChI is InChI=1S/C19H24N4/c1-3-20-19(22-13-18-15(2)7-6-11-21-18)23-12-10-16-8-4-5-9-17(16)14-23/h4-9,11H,3,10,12-14H2,1-2H3,(H,20,22). The molecular formula is C19H24N4. The fourth-order valence-electron chi connectivity index (χ4n) is 2.94. The summed E-state index contributed by atoms with van der Waals surface area (Å²) in [5.41, 5.74) is 5.09. The number of nitrogens with one attached hydrogen (secondary N) is 1. The van der Waals surface area contributed by atoms with Crippen molar-refractivity contribution in [3.05, 3.63) is 65.0 Å². The van der Waals surface area contributed by atoms with Crippen LogP contribution in [0, 0.1) is 6.92 Å². The van der Waals surface area contributed by atoms with E-state index in [9.17, 15) is 0 Å². The Morgan fingerprint density at radius 3 is 2.83 bits per heavy atom. The zero-order valence-electron chi connectivity index (χ0n) is 13.9. The Kier molecular flexibility index (Phi) is 4.91. The average Bonchev–Trinajstić information content (AvgIpc) is 2.59. The molecule has 3 rings (SSSR count). The molecule has 0 aliphatic carbocycles. The van der Waals surface area contributed by atoms with Crippen LogP contribution in [0.5, 0.6) is 0 Å². The Morgan fingerprint density at radius 2 is 2.04 bits per heavy atom. The van der Waals surface area contributed by atoms with Crippen molar-refractivity contribution in [3.8, 4) is 0 Å². The normalized spacial score (nSPS) is 14.5. The molecule has 1 aliphatic rings. The van der Waals surface area contributed by atoms with Gasteiger partial charge in [-0.25, -0.2) is 4.99 Å². The van der Waals surface area contributed by atoms with Gasteiger partial charge in [0.1, 0.15) is 0 Å². The highest BCUT2D eigenvalue weighted by Crippen LogP contribution is 2.18. The van der Waals surface area contributed by atoms with Gasteiger partial charge in [-0.1, -0.05) is 30.3 Å². The second-order valence-corrected chi connectivity index (χ2v) is 5.88. The predicted molar refractivity (Wildman–Crippen MR) is 94.3 cm³/mol. The zero-order chi connectivity index (χ0) is 16.1. The number of aliphatic imine (C=N–C) groups is 1. The first kappa shape index (κ1) is 15.5. The molecule has 4 heteroatoms. The molecule has 23 heavy (non-hydrogen) atoms. The Balaban J connectivity index is 1.77. The molecule has 0 spiro atoms. The van der Waals surface area contributed by atoms with Crippen LogP contribution in [0.25, 0.3) is 0 Å². The van der Waals surface area contributed by atoms with Gasteiger partial charge in [-0.15, -0.1) is 0 Å². The van der Waals surface area contributed by atoms with E-state index in [0.29, 0.717) is 6.54 Å². The fraction of sp³-hybridized carbons (Fsp3) is 0.368. The number of nitrogens with zero attached hydrogens (tertiary/aromatic N) is 3. The summed E-state index contributed by atoms with van der Waals surface area (Å²) >= 11 is 0. The Hall–Kier alpha value is -2.36. The number of hydrogen-bond acceptors (Lipinski definition) is 2. The summed E-state index contributed by atoms with van der Waals surface area (Å²) in [7, 11) is 0. The van der Waals surface area contributed by atoms with Gasteiger partial charge in [0.15, 0.2) is 5.96 Å². The van der Waals surface area contributed by atoms with Crippen LogP contribution in [-0.2, 0) is 19.5 Å². The van der Waals surface area contributed by atoms with E-state index in [1.807, 2.05) is 12.3 Å². The highest BCUT2D eigenvalue weighted by Gasteiger charge is 2.18. The quantitative estimate of drug-likeness (QED) is 0.700. The Bertz CT molecular complexity index is 693. The van der Waals surface area contributed by atoms with E-state index in [0.717, 1.165) is 37.7 Å². The van der Waals surface area contributed by atoms with Gasteiger partial charge in [-0.3, -0.25) is 4.98 Å². The van der Waals surface area contributed by atoms with Crippen LogP contribution in [0.2, 0.25) is 0 Å². The second kappa shape index (κ2) is 7.27. The zero-order valence-corrected chi connectivity index (χ0v) is 13.9. The number of aromatic nitrogens is 1. The van der Waals surface area contributed by atoms with Crippen molar-refractivity contribution in [3.63, 3.8) is 0 Å². The third kappa shape index (κ3) is 3.70. The Morgan fingerprint density at radius 1 is 1.22 bits per heavy atom. The van der Waals surface area contributed by atoms with E-state index >= 15 is 0 Å². The van der Waals surface area contributed by atoms with E-state index in [1.165, 1.54) is 16.7 Å². The monoisotopic (exact) mass is 308 g/mol. The van der Waals surface area contributed by atoms with Gasteiger partial charge in [0.05, 0.1) is 12.2 Å². The maximum Gasteiger partial charge on any atom is 0.194 e. The number of fused-ring (bicyclic) bond motifs is 1. The molecule has 0 saturated carbocycles. The number of pyridine rings is 1. The molecule has 120 valence electrons. The van der Waals surface area contributed by atoms with Crippen molar-refractivity contribution < 1.29 is 0 Å². The van der Waals surface area contributed by atoms with E-state index in [2.05, 4.69) is 59.4 Å². The Labute approximate surface area is 138 Å². The van der Waals surface area contributed by atoms with Gasteiger partial charge in [0.25, 0.3) is 0 Å². The molecule has 0 bridgehead atoms. The summed E-state index contributed by atoms with van der Waals surface area (Å²) in [5, 5.41) is 3.42. The SMILES string of the molecule is CCNC(=NCc1ncccc1C)N1CCc2ccccc2C1. The maximum atomic E-state index is 4.81. The molecule has 0 radical (unpaired) electrons. The number of rotatable bonds is 3. The first-order chi connectivity index (χ1) is 11.3. The fourth-order valence-corrected chi connectivity index (χ4v) is 2.94. The first-order valence-corrected chi connectivity index (χ1v) is 8.28. The van der Waals surface area contributed by atoms with E-state index < -0.39 is 0 Å². The maximum absolute atomic E-state index is 4.81. The van der Waals surface area contributed by atoms with Crippen LogP contribution in [0.4, 0.5) is 0 Å². The van der Waals surface area contributed by atoms with Gasteiger partial charge >= 0.3 is 0 Å². The van der Waals surface area contributed by atoms with Gasteiger partial charge in [0.2, 0.25) is 0 Å². The molecule has 0 atom stereocenters. The lowest BCUT2D eigenvalue weighted by molar-refractivity contribution is 0.378. The van der Waals surface area contributed by atoms with Crippen molar-refractivity contribution in [2.24, 2.45) is 4.99 Å². The van der Waals surface area contributed by atoms with Crippen molar-refractivity contribution in [1.82, 2.24) is 15.2 Å². The van der Waals surface area contributed by atoms with E-state index in [4.69, 9.17) is 4.99 Å². The third-order valence-electron chi connectivity index (χ3n) is 4.26. The molecule has 0 unspecified atom stereocenters. The van der Waals surface area contributed by atoms with Crippen molar-refractivity contribution in [1.29, 1.82) is 0 Å². The molecule has 1 N–H and O–H groups in total. The highest BCUT2D eigenvalue weighted by molar-refractivity contribution is 5.80. The molecule has 2 heterocycles. The number of benzene rings is 1. The van der Waals surface area contributed by atoms with Crippen molar-refractivity contribution >= 4 is 5.96 Å². The van der Waals surface area contributed by atoms with Crippen LogP contribution in [0.15, 0.2) is 47.6 Å². The average molecular weight is 308 g/mol. The van der Waals surface area contributed by atoms with Crippen LogP contribution < -0.4 is 5.32 Å². The summed E-state index contributed by atoms with van der Waals surface area (Å²) < 4.78 is 0. The van der Waals surface area contributed by atoms with Gasteiger partial charge in [-0.05, 0) is 43.0 Å². The molecule has 1 aliphatic heterocycles. The third-order valence-corrected chi connectivity index (χ3v) is 4.26. The minimum atomic E-state index is 0.618. The largest absolute Gasteiger partial charge is 0.356 e. The van der Waals surface area contributed by atoms with Crippen molar-refractivity contribution in [2.45, 2.75) is 33.4 Å². The molecule has 2 aromatic rings. The minimum absolute atomic E-state index is 0.618. The lowest BCUT2D eigenvalue weighted by Gasteiger charge is -2.31. The van der Waals surface area contributed by atoms with Gasteiger partial charge < -0.3 is 10.2 Å². The molecule has 0 fully saturated rings.